The summed E-state index contributed by atoms with van der Waals surface area (Å²) in [6.45, 7) is 3.18. The second-order valence-corrected chi connectivity index (χ2v) is 8.43. The Morgan fingerprint density at radius 1 is 1.23 bits per heavy atom. The molecule has 0 unspecified atom stereocenters. The van der Waals surface area contributed by atoms with Crippen LogP contribution in [0.2, 0.25) is 0 Å². The molecular weight excluding hydrogens is 448 g/mol. The van der Waals surface area contributed by atoms with Gasteiger partial charge in [-0.1, -0.05) is 6.07 Å². The van der Waals surface area contributed by atoms with Gasteiger partial charge in [0, 0.05) is 67.5 Å². The minimum absolute atomic E-state index is 0.0604. The number of hydrogen-bond donors (Lipinski definition) is 3. The van der Waals surface area contributed by atoms with E-state index in [1.807, 2.05) is 18.2 Å². The van der Waals surface area contributed by atoms with Crippen molar-refractivity contribution in [1.82, 2.24) is 15.3 Å². The molecule has 1 aromatic carbocycles. The van der Waals surface area contributed by atoms with Gasteiger partial charge < -0.3 is 25.0 Å². The number of benzene rings is 1. The van der Waals surface area contributed by atoms with Gasteiger partial charge in [0.25, 0.3) is 5.91 Å². The van der Waals surface area contributed by atoms with Gasteiger partial charge in [0.15, 0.2) is 0 Å². The van der Waals surface area contributed by atoms with E-state index in [-0.39, 0.29) is 11.5 Å². The van der Waals surface area contributed by atoms with Crippen molar-refractivity contribution in [3.05, 3.63) is 65.0 Å². The summed E-state index contributed by atoms with van der Waals surface area (Å²) < 4.78 is 5.44. The van der Waals surface area contributed by atoms with Gasteiger partial charge in [0.1, 0.15) is 5.82 Å². The molecule has 180 valence electrons. The van der Waals surface area contributed by atoms with E-state index in [1.165, 1.54) is 0 Å². The van der Waals surface area contributed by atoms with E-state index in [2.05, 4.69) is 25.3 Å². The highest BCUT2D eigenvalue weighted by Gasteiger charge is 2.20. The summed E-state index contributed by atoms with van der Waals surface area (Å²) >= 11 is 0. The zero-order valence-corrected chi connectivity index (χ0v) is 19.3. The van der Waals surface area contributed by atoms with Crippen LogP contribution < -0.4 is 15.2 Å². The number of ether oxygens (including phenoxy) is 1. The van der Waals surface area contributed by atoms with Crippen LogP contribution in [0.5, 0.6) is 0 Å². The molecule has 2 aromatic heterocycles. The molecule has 0 bridgehead atoms. The topological polar surface area (TPSA) is 123 Å². The van der Waals surface area contributed by atoms with E-state index >= 15 is 0 Å². The number of aromatic carboxylic acids is 1. The molecule has 2 aliphatic heterocycles. The first-order valence-electron chi connectivity index (χ1n) is 11.4. The Balaban J connectivity index is 1.40. The van der Waals surface area contributed by atoms with Crippen molar-refractivity contribution >= 4 is 29.6 Å². The quantitative estimate of drug-likeness (QED) is 0.370. The van der Waals surface area contributed by atoms with Crippen molar-refractivity contribution in [2.24, 2.45) is 5.10 Å². The first-order valence-corrected chi connectivity index (χ1v) is 11.4. The molecule has 5 rings (SSSR count). The van der Waals surface area contributed by atoms with Crippen LogP contribution in [0.1, 0.15) is 32.0 Å². The number of carboxylic acids is 1. The maximum atomic E-state index is 12.1. The second kappa shape index (κ2) is 9.59. The Hall–Kier alpha value is -4.18. The van der Waals surface area contributed by atoms with Gasteiger partial charge in [0.05, 0.1) is 30.6 Å². The number of carboxylic acid groups (broad SMARTS) is 1. The van der Waals surface area contributed by atoms with Gasteiger partial charge in [-0.25, -0.2) is 9.78 Å². The lowest BCUT2D eigenvalue weighted by atomic mass is 10.1. The van der Waals surface area contributed by atoms with E-state index in [1.54, 1.807) is 42.7 Å². The maximum absolute atomic E-state index is 12.1. The molecule has 1 saturated heterocycles. The largest absolute Gasteiger partial charge is 0.478 e. The Morgan fingerprint density at radius 2 is 2.06 bits per heavy atom. The summed E-state index contributed by atoms with van der Waals surface area (Å²) in [7, 11) is 1.80. The van der Waals surface area contributed by atoms with E-state index < -0.39 is 5.97 Å². The number of anilines is 2. The summed E-state index contributed by atoms with van der Waals surface area (Å²) in [6.07, 6.45) is 4.19. The van der Waals surface area contributed by atoms with Crippen LogP contribution in [-0.2, 0) is 11.2 Å². The number of fused-ring (bicyclic) bond motifs is 1. The molecule has 0 atom stereocenters. The minimum atomic E-state index is -0.968. The van der Waals surface area contributed by atoms with Gasteiger partial charge >= 0.3 is 5.97 Å². The zero-order chi connectivity index (χ0) is 24.4. The van der Waals surface area contributed by atoms with Crippen molar-refractivity contribution in [2.45, 2.75) is 6.42 Å². The highest BCUT2D eigenvalue weighted by atomic mass is 16.5. The monoisotopic (exact) mass is 474 g/mol. The van der Waals surface area contributed by atoms with Crippen molar-refractivity contribution in [3.63, 3.8) is 0 Å². The number of amides is 1. The van der Waals surface area contributed by atoms with Crippen molar-refractivity contribution in [2.75, 3.05) is 49.8 Å². The molecule has 35 heavy (non-hydrogen) atoms. The number of H-pyrrole nitrogens is 1. The smallest absolute Gasteiger partial charge is 0.335 e. The molecule has 1 amide bonds. The number of carbonyl (C=O) groups excluding carboxylic acids is 1. The second-order valence-electron chi connectivity index (χ2n) is 8.43. The number of hydrazone groups is 1. The number of morpholine rings is 1. The Labute approximate surface area is 202 Å². The molecule has 0 spiro atoms. The van der Waals surface area contributed by atoms with Gasteiger partial charge in [-0.15, -0.1) is 0 Å². The standard InChI is InChI=1S/C25H26N6O4/c1-30(23-13-16(4-6-26-23)21-14-19-20(29-21)5-7-27-24(19)32)28-15-18-3-2-17(25(33)34)12-22(18)31-8-10-35-11-9-31/h2-4,6,12-15,29H,5,7-11H2,1H3,(H,27,32)(H,33,34). The predicted octanol–water partition coefficient (Wildman–Crippen LogP) is 2.37. The first kappa shape index (κ1) is 22.6. The van der Waals surface area contributed by atoms with Crippen LogP contribution in [0.3, 0.4) is 0 Å². The minimum Gasteiger partial charge on any atom is -0.478 e. The Morgan fingerprint density at radius 3 is 2.83 bits per heavy atom. The maximum Gasteiger partial charge on any atom is 0.335 e. The summed E-state index contributed by atoms with van der Waals surface area (Å²) in [5.41, 5.74) is 5.22. The fourth-order valence-electron chi connectivity index (χ4n) is 4.28. The molecule has 3 aromatic rings. The van der Waals surface area contributed by atoms with E-state index in [4.69, 9.17) is 4.74 Å². The molecule has 0 aliphatic carbocycles. The van der Waals surface area contributed by atoms with Gasteiger partial charge in [-0.2, -0.15) is 5.10 Å². The first-order chi connectivity index (χ1) is 17.0. The fraction of sp³-hybridized carbons (Fsp3) is 0.280. The highest BCUT2D eigenvalue weighted by Crippen LogP contribution is 2.27. The number of pyridine rings is 1. The van der Waals surface area contributed by atoms with Crippen LogP contribution in [0.15, 0.2) is 47.7 Å². The third kappa shape index (κ3) is 4.73. The van der Waals surface area contributed by atoms with Crippen LogP contribution in [0.25, 0.3) is 11.3 Å². The Kier molecular flexibility index (Phi) is 6.19. The number of aromatic amines is 1. The molecule has 0 saturated carbocycles. The summed E-state index contributed by atoms with van der Waals surface area (Å²) in [4.78, 5) is 33.5. The number of rotatable bonds is 6. The number of hydrogen-bond acceptors (Lipinski definition) is 7. The lowest BCUT2D eigenvalue weighted by Crippen LogP contribution is -2.37. The SMILES string of the molecule is CN(N=Cc1ccc(C(=O)O)cc1N1CCOCC1)c1cc(-c2cc3c([nH]2)CCNC3=O)ccn1. The third-order valence-electron chi connectivity index (χ3n) is 6.19. The Bertz CT molecular complexity index is 1290. The lowest BCUT2D eigenvalue weighted by molar-refractivity contribution is 0.0696. The third-order valence-corrected chi connectivity index (χ3v) is 6.19. The molecule has 3 N–H and O–H groups in total. The summed E-state index contributed by atoms with van der Waals surface area (Å²) in [6, 6.07) is 10.7. The average Bonchev–Trinajstić information content (AvgIpc) is 3.34. The van der Waals surface area contributed by atoms with Crippen LogP contribution >= 0.6 is 0 Å². The van der Waals surface area contributed by atoms with E-state index in [9.17, 15) is 14.7 Å². The average molecular weight is 475 g/mol. The lowest BCUT2D eigenvalue weighted by Gasteiger charge is -2.30. The number of nitrogens with zero attached hydrogens (tertiary/aromatic N) is 4. The fourth-order valence-corrected chi connectivity index (χ4v) is 4.28. The van der Waals surface area contributed by atoms with Crippen LogP contribution in [-0.4, -0.2) is 73.1 Å². The van der Waals surface area contributed by atoms with Crippen molar-refractivity contribution in [3.8, 4) is 11.3 Å². The van der Waals surface area contributed by atoms with Crippen LogP contribution in [0, 0.1) is 0 Å². The number of nitrogens with one attached hydrogen (secondary N) is 2. The van der Waals surface area contributed by atoms with E-state index in [0.29, 0.717) is 44.2 Å². The molecule has 10 nitrogen and oxygen atoms in total. The highest BCUT2D eigenvalue weighted by molar-refractivity contribution is 5.98. The van der Waals surface area contributed by atoms with Crippen molar-refractivity contribution in [1.29, 1.82) is 0 Å². The van der Waals surface area contributed by atoms with Gasteiger partial charge in [-0.05, 0) is 30.3 Å². The molecule has 2 aliphatic rings. The molecule has 1 fully saturated rings. The summed E-state index contributed by atoms with van der Waals surface area (Å²) in [5, 5.41) is 18.5. The van der Waals surface area contributed by atoms with Crippen LogP contribution in [0.4, 0.5) is 11.5 Å². The molecular formula is C25H26N6O4. The summed E-state index contributed by atoms with van der Waals surface area (Å²) in [5.74, 6) is -0.398. The zero-order valence-electron chi connectivity index (χ0n) is 19.3. The normalized spacial score (nSPS) is 15.7. The van der Waals surface area contributed by atoms with Gasteiger partial charge in [-0.3, -0.25) is 9.80 Å². The van der Waals surface area contributed by atoms with Gasteiger partial charge in [0.2, 0.25) is 0 Å². The predicted molar refractivity (Wildman–Crippen MR) is 132 cm³/mol. The van der Waals surface area contributed by atoms with E-state index in [0.717, 1.165) is 34.6 Å². The molecule has 10 heteroatoms. The molecule has 4 heterocycles. The number of aromatic nitrogens is 2. The van der Waals surface area contributed by atoms with Crippen molar-refractivity contribution < 1.29 is 19.4 Å². The molecule has 0 radical (unpaired) electrons. The number of carbonyl (C=O) groups is 2.